The quantitative estimate of drug-likeness (QED) is 0.651. The Morgan fingerprint density at radius 3 is 2.62 bits per heavy atom. The molecule has 0 unspecified atom stereocenters. The van der Waals surface area contributed by atoms with Gasteiger partial charge in [-0.3, -0.25) is 9.40 Å². The van der Waals surface area contributed by atoms with Gasteiger partial charge in [0.25, 0.3) is 15.9 Å². The third-order valence-corrected chi connectivity index (χ3v) is 7.66. The van der Waals surface area contributed by atoms with Crippen LogP contribution in [0, 0.1) is 20.8 Å². The lowest BCUT2D eigenvalue weighted by molar-refractivity contribution is 0.113. The van der Waals surface area contributed by atoms with Crippen molar-refractivity contribution in [3.8, 4) is 11.5 Å². The van der Waals surface area contributed by atoms with Crippen LogP contribution < -0.4 is 4.72 Å². The minimum absolute atomic E-state index is 0.0563. The largest absolute Gasteiger partial charge is 0.376 e. The van der Waals surface area contributed by atoms with E-state index in [-0.39, 0.29) is 10.9 Å². The molecule has 3 aromatic rings. The second-order valence-corrected chi connectivity index (χ2v) is 10.0. The van der Waals surface area contributed by atoms with E-state index in [0.717, 1.165) is 10.4 Å². The highest BCUT2D eigenvalue weighted by Crippen LogP contribution is 2.43. The van der Waals surface area contributed by atoms with Crippen molar-refractivity contribution in [1.29, 1.82) is 0 Å². The first-order valence-electron chi connectivity index (χ1n) is 9.30. The Morgan fingerprint density at radius 1 is 1.24 bits per heavy atom. The molecule has 0 aliphatic carbocycles. The molecule has 29 heavy (non-hydrogen) atoms. The Balaban J connectivity index is 1.82. The molecule has 0 radical (unpaired) electrons. The smallest absolute Gasteiger partial charge is 0.266 e. The number of ether oxygens (including phenoxy) is 1. The van der Waals surface area contributed by atoms with E-state index in [1.165, 1.54) is 11.3 Å². The van der Waals surface area contributed by atoms with Crippen molar-refractivity contribution in [2.24, 2.45) is 0 Å². The lowest BCUT2D eigenvalue weighted by atomic mass is 10.1. The predicted octanol–water partition coefficient (Wildman–Crippen LogP) is 3.37. The van der Waals surface area contributed by atoms with Gasteiger partial charge in [0.15, 0.2) is 5.82 Å². The van der Waals surface area contributed by atoms with Crippen LogP contribution in [-0.2, 0) is 27.8 Å². The SMILES string of the molecule is Cc1noc(-c2c(NS(=O)(=O)c3c(C)nn(C(C)C)c3C)sc3c2CCOC3)n1. The van der Waals surface area contributed by atoms with Crippen LogP contribution in [-0.4, -0.2) is 34.9 Å². The maximum Gasteiger partial charge on any atom is 0.266 e. The first-order chi connectivity index (χ1) is 13.7. The van der Waals surface area contributed by atoms with Gasteiger partial charge in [-0.05, 0) is 46.6 Å². The second-order valence-electron chi connectivity index (χ2n) is 7.30. The molecular formula is C18H23N5O4S2. The molecule has 0 saturated heterocycles. The van der Waals surface area contributed by atoms with Crippen LogP contribution in [0.15, 0.2) is 9.42 Å². The van der Waals surface area contributed by atoms with Crippen molar-refractivity contribution in [3.05, 3.63) is 27.7 Å². The summed E-state index contributed by atoms with van der Waals surface area (Å²) in [5.74, 6) is 0.802. The molecule has 0 atom stereocenters. The average molecular weight is 438 g/mol. The molecule has 0 bridgehead atoms. The number of hydrogen-bond acceptors (Lipinski definition) is 8. The Bertz CT molecular complexity index is 1170. The molecule has 156 valence electrons. The summed E-state index contributed by atoms with van der Waals surface area (Å²) >= 11 is 1.34. The van der Waals surface area contributed by atoms with E-state index < -0.39 is 10.0 Å². The first-order valence-corrected chi connectivity index (χ1v) is 11.6. The van der Waals surface area contributed by atoms with E-state index in [2.05, 4.69) is 20.0 Å². The number of nitrogens with one attached hydrogen (secondary N) is 1. The van der Waals surface area contributed by atoms with Crippen LogP contribution in [0.25, 0.3) is 11.5 Å². The third-order valence-electron chi connectivity index (χ3n) is 4.81. The van der Waals surface area contributed by atoms with Crippen molar-refractivity contribution >= 4 is 26.4 Å². The highest BCUT2D eigenvalue weighted by Gasteiger charge is 2.31. The normalized spacial score (nSPS) is 14.4. The van der Waals surface area contributed by atoms with Crippen molar-refractivity contribution in [3.63, 3.8) is 0 Å². The molecule has 4 rings (SSSR count). The maximum absolute atomic E-state index is 13.3. The van der Waals surface area contributed by atoms with E-state index in [1.54, 1.807) is 25.5 Å². The summed E-state index contributed by atoms with van der Waals surface area (Å²) in [6.45, 7) is 10.1. The number of aryl methyl sites for hydroxylation is 2. The van der Waals surface area contributed by atoms with Gasteiger partial charge < -0.3 is 9.26 Å². The van der Waals surface area contributed by atoms with Crippen LogP contribution in [0.2, 0.25) is 0 Å². The minimum Gasteiger partial charge on any atom is -0.376 e. The van der Waals surface area contributed by atoms with Gasteiger partial charge in [0.1, 0.15) is 9.90 Å². The van der Waals surface area contributed by atoms with Crippen LogP contribution in [0.4, 0.5) is 5.00 Å². The molecule has 0 amide bonds. The van der Waals surface area contributed by atoms with Crippen LogP contribution >= 0.6 is 11.3 Å². The van der Waals surface area contributed by atoms with Crippen LogP contribution in [0.3, 0.4) is 0 Å². The second kappa shape index (κ2) is 7.22. The predicted molar refractivity (Wildman–Crippen MR) is 109 cm³/mol. The van der Waals surface area contributed by atoms with Gasteiger partial charge in [-0.2, -0.15) is 10.1 Å². The number of thiophene rings is 1. The number of anilines is 1. The van der Waals surface area contributed by atoms with Gasteiger partial charge in [-0.25, -0.2) is 8.42 Å². The van der Waals surface area contributed by atoms with Crippen molar-refractivity contribution in [2.75, 3.05) is 11.3 Å². The van der Waals surface area contributed by atoms with Gasteiger partial charge in [0, 0.05) is 10.9 Å². The summed E-state index contributed by atoms with van der Waals surface area (Å²) in [4.78, 5) is 5.48. The standard InChI is InChI=1S/C18H23N5O4S2/c1-9(2)23-11(4)16(10(3)20-23)29(24,25)22-18-15(17-19-12(5)21-27-17)13-6-7-26-8-14(13)28-18/h9,22H,6-8H2,1-5H3. The zero-order valence-corrected chi connectivity index (χ0v) is 18.6. The maximum atomic E-state index is 13.3. The minimum atomic E-state index is -3.86. The third kappa shape index (κ3) is 3.47. The van der Waals surface area contributed by atoms with Crippen molar-refractivity contribution < 1.29 is 17.7 Å². The van der Waals surface area contributed by atoms with E-state index in [1.807, 2.05) is 13.8 Å². The molecule has 11 heteroatoms. The Kier molecular flexibility index (Phi) is 4.99. The number of fused-ring (bicyclic) bond motifs is 1. The molecule has 0 spiro atoms. The van der Waals surface area contributed by atoms with Crippen LogP contribution in [0.5, 0.6) is 0 Å². The fraction of sp³-hybridized carbons (Fsp3) is 0.500. The van der Waals surface area contributed by atoms with E-state index in [4.69, 9.17) is 9.26 Å². The first kappa shape index (κ1) is 20.0. The fourth-order valence-electron chi connectivity index (χ4n) is 3.64. The average Bonchev–Trinajstić information content (AvgIpc) is 3.29. The monoisotopic (exact) mass is 437 g/mol. The Hall–Kier alpha value is -2.24. The molecule has 1 N–H and O–H groups in total. The van der Waals surface area contributed by atoms with Gasteiger partial charge >= 0.3 is 0 Å². The Morgan fingerprint density at radius 2 is 2.00 bits per heavy atom. The summed E-state index contributed by atoms with van der Waals surface area (Å²) in [5.41, 5.74) is 2.70. The molecule has 1 aliphatic rings. The topological polar surface area (TPSA) is 112 Å². The van der Waals surface area contributed by atoms with Crippen molar-refractivity contribution in [1.82, 2.24) is 19.9 Å². The zero-order valence-electron chi connectivity index (χ0n) is 16.9. The zero-order chi connectivity index (χ0) is 20.9. The molecule has 1 aliphatic heterocycles. The number of nitrogens with zero attached hydrogens (tertiary/aromatic N) is 4. The van der Waals surface area contributed by atoms with Gasteiger partial charge in [-0.15, -0.1) is 11.3 Å². The molecule has 3 aromatic heterocycles. The van der Waals surface area contributed by atoms with E-state index >= 15 is 0 Å². The summed E-state index contributed by atoms with van der Waals surface area (Å²) in [7, 11) is -3.86. The van der Waals surface area contributed by atoms with E-state index in [9.17, 15) is 8.42 Å². The lowest BCUT2D eigenvalue weighted by Crippen LogP contribution is -2.15. The van der Waals surface area contributed by atoms with Gasteiger partial charge in [-0.1, -0.05) is 5.16 Å². The molecule has 0 fully saturated rings. The summed E-state index contributed by atoms with van der Waals surface area (Å²) in [5, 5.41) is 8.73. The molecule has 0 aromatic carbocycles. The molecule has 4 heterocycles. The van der Waals surface area contributed by atoms with E-state index in [0.29, 0.717) is 53.3 Å². The highest BCUT2D eigenvalue weighted by molar-refractivity contribution is 7.93. The molecule has 9 nitrogen and oxygen atoms in total. The number of aromatic nitrogens is 4. The fourth-order valence-corrected chi connectivity index (χ4v) is 6.53. The van der Waals surface area contributed by atoms with Gasteiger partial charge in [0.05, 0.1) is 30.2 Å². The molecule has 0 saturated carbocycles. The number of rotatable bonds is 5. The number of hydrogen-bond donors (Lipinski definition) is 1. The lowest BCUT2D eigenvalue weighted by Gasteiger charge is -2.12. The number of sulfonamides is 1. The van der Waals surface area contributed by atoms with Crippen LogP contribution in [0.1, 0.15) is 47.5 Å². The van der Waals surface area contributed by atoms with Gasteiger partial charge in [0.2, 0.25) is 0 Å². The summed E-state index contributed by atoms with van der Waals surface area (Å²) in [6.07, 6.45) is 0.660. The summed E-state index contributed by atoms with van der Waals surface area (Å²) in [6, 6.07) is 0.0563. The highest BCUT2D eigenvalue weighted by atomic mass is 32.2. The Labute approximate surface area is 173 Å². The van der Waals surface area contributed by atoms with Crippen molar-refractivity contribution in [2.45, 2.75) is 58.6 Å². The molecular weight excluding hydrogens is 414 g/mol. The summed E-state index contributed by atoms with van der Waals surface area (Å²) < 4.78 is 42.0.